The summed E-state index contributed by atoms with van der Waals surface area (Å²) in [6.45, 7) is 11.4. The zero-order valence-electron chi connectivity index (χ0n) is 17.6. The van der Waals surface area contributed by atoms with Crippen LogP contribution in [0.1, 0.15) is 94.4 Å². The molecule has 1 aromatic rings. The molecule has 0 bridgehead atoms. The largest absolute Gasteiger partial charge is 0.481 e. The second kappa shape index (κ2) is 8.59. The van der Waals surface area contributed by atoms with Crippen molar-refractivity contribution in [3.8, 4) is 0 Å². The van der Waals surface area contributed by atoms with Crippen LogP contribution in [0, 0.1) is 24.7 Å². The van der Waals surface area contributed by atoms with Crippen LogP contribution in [0.2, 0.25) is 0 Å². The van der Waals surface area contributed by atoms with E-state index in [9.17, 15) is 9.90 Å². The van der Waals surface area contributed by atoms with Gasteiger partial charge in [-0.1, -0.05) is 51.3 Å². The molecule has 0 heterocycles. The third-order valence-corrected chi connectivity index (χ3v) is 5.97. The summed E-state index contributed by atoms with van der Waals surface area (Å²) in [6, 6.07) is 4.67. The summed E-state index contributed by atoms with van der Waals surface area (Å²) >= 11 is 0. The van der Waals surface area contributed by atoms with E-state index < -0.39 is 5.97 Å². The number of aliphatic carboxylic acids is 1. The van der Waals surface area contributed by atoms with Crippen molar-refractivity contribution in [2.45, 2.75) is 98.8 Å². The molecule has 1 fully saturated rings. The Hall–Kier alpha value is -1.31. The summed E-state index contributed by atoms with van der Waals surface area (Å²) in [6.07, 6.45) is 10.8. The van der Waals surface area contributed by atoms with Crippen molar-refractivity contribution in [1.29, 1.82) is 0 Å². The average Bonchev–Trinajstić information content (AvgIpc) is 3.30. The van der Waals surface area contributed by atoms with Gasteiger partial charge in [0.1, 0.15) is 0 Å². The molecule has 0 spiro atoms. The number of aryl methyl sites for hydroxylation is 3. The van der Waals surface area contributed by atoms with E-state index in [0.717, 1.165) is 38.5 Å². The normalized spacial score (nSPS) is 15.9. The molecule has 1 aromatic carbocycles. The second-order valence-corrected chi connectivity index (χ2v) is 9.78. The van der Waals surface area contributed by atoms with Crippen molar-refractivity contribution in [2.24, 2.45) is 10.8 Å². The maximum atomic E-state index is 11.3. The van der Waals surface area contributed by atoms with Crippen LogP contribution in [0.3, 0.4) is 0 Å². The highest BCUT2D eigenvalue weighted by Crippen LogP contribution is 2.50. The van der Waals surface area contributed by atoms with E-state index in [0.29, 0.717) is 5.41 Å². The predicted octanol–water partition coefficient (Wildman–Crippen LogP) is 6.64. The fourth-order valence-corrected chi connectivity index (χ4v) is 4.12. The van der Waals surface area contributed by atoms with Crippen LogP contribution in [-0.2, 0) is 17.6 Å². The van der Waals surface area contributed by atoms with Crippen molar-refractivity contribution < 1.29 is 9.90 Å². The molecule has 2 heteroatoms. The summed E-state index contributed by atoms with van der Waals surface area (Å²) in [5.74, 6) is -0.580. The number of carboxylic acid groups (broad SMARTS) is 1. The summed E-state index contributed by atoms with van der Waals surface area (Å²) in [7, 11) is 0. The lowest BCUT2D eigenvalue weighted by Crippen LogP contribution is -2.14. The van der Waals surface area contributed by atoms with E-state index in [4.69, 9.17) is 0 Å². The van der Waals surface area contributed by atoms with Gasteiger partial charge in [0, 0.05) is 0 Å². The Morgan fingerprint density at radius 2 is 1.69 bits per heavy atom. The number of unbranched alkanes of at least 4 members (excludes halogenated alkanes) is 2. The quantitative estimate of drug-likeness (QED) is 0.476. The summed E-state index contributed by atoms with van der Waals surface area (Å²) in [5.41, 5.74) is 5.88. The Morgan fingerprint density at radius 3 is 2.27 bits per heavy atom. The van der Waals surface area contributed by atoms with E-state index in [1.54, 1.807) is 0 Å². The van der Waals surface area contributed by atoms with E-state index >= 15 is 0 Å². The van der Waals surface area contributed by atoms with Gasteiger partial charge >= 0.3 is 5.97 Å². The van der Waals surface area contributed by atoms with Crippen LogP contribution in [0.25, 0.3) is 0 Å². The highest BCUT2D eigenvalue weighted by Gasteiger charge is 2.49. The molecular weight excluding hydrogens is 320 g/mol. The van der Waals surface area contributed by atoms with Crippen LogP contribution in [0.15, 0.2) is 12.1 Å². The molecule has 0 atom stereocenters. The Bertz CT molecular complexity index is 618. The molecule has 0 radical (unpaired) electrons. The average molecular weight is 359 g/mol. The first-order valence-electron chi connectivity index (χ1n) is 10.5. The first-order chi connectivity index (χ1) is 12.1. The molecule has 0 saturated heterocycles. The van der Waals surface area contributed by atoms with Crippen LogP contribution >= 0.6 is 0 Å². The van der Waals surface area contributed by atoms with Crippen molar-refractivity contribution in [3.63, 3.8) is 0 Å². The molecule has 0 aliphatic heterocycles. The first-order valence-corrected chi connectivity index (χ1v) is 10.5. The standard InChI is InChI=1S/C24H38O2/c1-18-16-19(2)21(11-7-9-13-24(14-15-24)22(25)26)20(17-18)10-6-8-12-23(3,4)5/h16-17H,6-15H2,1-5H3,(H,25,26). The van der Waals surface area contributed by atoms with Gasteiger partial charge in [-0.2, -0.15) is 0 Å². The van der Waals surface area contributed by atoms with Gasteiger partial charge in [-0.25, -0.2) is 0 Å². The molecule has 26 heavy (non-hydrogen) atoms. The zero-order valence-corrected chi connectivity index (χ0v) is 17.6. The van der Waals surface area contributed by atoms with Gasteiger partial charge in [-0.15, -0.1) is 0 Å². The molecule has 1 saturated carbocycles. The van der Waals surface area contributed by atoms with E-state index in [1.807, 2.05) is 0 Å². The Balaban J connectivity index is 1.89. The molecule has 1 N–H and O–H groups in total. The Labute approximate surface area is 160 Å². The number of carbonyl (C=O) groups is 1. The van der Waals surface area contributed by atoms with Crippen molar-refractivity contribution in [1.82, 2.24) is 0 Å². The van der Waals surface area contributed by atoms with Gasteiger partial charge in [-0.05, 0) is 87.3 Å². The maximum absolute atomic E-state index is 11.3. The molecule has 0 amide bonds. The fraction of sp³-hybridized carbons (Fsp3) is 0.708. The molecule has 146 valence electrons. The SMILES string of the molecule is Cc1cc(C)c(CCCCC2(C(=O)O)CC2)c(CCCCC(C)(C)C)c1. The molecule has 0 unspecified atom stereocenters. The Morgan fingerprint density at radius 1 is 1.04 bits per heavy atom. The predicted molar refractivity (Wildman–Crippen MR) is 110 cm³/mol. The lowest BCUT2D eigenvalue weighted by Gasteiger charge is -2.19. The summed E-state index contributed by atoms with van der Waals surface area (Å²) < 4.78 is 0. The van der Waals surface area contributed by atoms with Crippen LogP contribution in [-0.4, -0.2) is 11.1 Å². The molecule has 0 aromatic heterocycles. The number of rotatable bonds is 10. The van der Waals surface area contributed by atoms with E-state index in [2.05, 4.69) is 46.8 Å². The lowest BCUT2D eigenvalue weighted by atomic mass is 9.87. The molecule has 2 nitrogen and oxygen atoms in total. The molecule has 1 aliphatic carbocycles. The number of carboxylic acids is 1. The van der Waals surface area contributed by atoms with Gasteiger partial charge < -0.3 is 5.11 Å². The zero-order chi connectivity index (χ0) is 19.4. The molecule has 2 rings (SSSR count). The smallest absolute Gasteiger partial charge is 0.309 e. The first kappa shape index (κ1) is 21.0. The molecular formula is C24H38O2. The van der Waals surface area contributed by atoms with Crippen molar-refractivity contribution in [3.05, 3.63) is 34.4 Å². The van der Waals surface area contributed by atoms with Crippen LogP contribution < -0.4 is 0 Å². The van der Waals surface area contributed by atoms with Gasteiger partial charge in [0.15, 0.2) is 0 Å². The highest BCUT2D eigenvalue weighted by molar-refractivity contribution is 5.77. The van der Waals surface area contributed by atoms with Gasteiger partial charge in [0.2, 0.25) is 0 Å². The van der Waals surface area contributed by atoms with Gasteiger partial charge in [0.05, 0.1) is 5.41 Å². The number of benzene rings is 1. The van der Waals surface area contributed by atoms with Crippen LogP contribution in [0.4, 0.5) is 0 Å². The van der Waals surface area contributed by atoms with Crippen molar-refractivity contribution >= 4 is 5.97 Å². The third-order valence-electron chi connectivity index (χ3n) is 5.97. The fourth-order valence-electron chi connectivity index (χ4n) is 4.12. The third kappa shape index (κ3) is 6.14. The topological polar surface area (TPSA) is 37.3 Å². The highest BCUT2D eigenvalue weighted by atomic mass is 16.4. The minimum absolute atomic E-state index is 0.363. The monoisotopic (exact) mass is 358 g/mol. The molecule has 1 aliphatic rings. The maximum Gasteiger partial charge on any atom is 0.309 e. The lowest BCUT2D eigenvalue weighted by molar-refractivity contribution is -0.143. The van der Waals surface area contributed by atoms with Gasteiger partial charge in [-0.3, -0.25) is 4.79 Å². The Kier molecular flexibility index (Phi) is 6.93. The second-order valence-electron chi connectivity index (χ2n) is 9.78. The minimum Gasteiger partial charge on any atom is -0.481 e. The number of hydrogen-bond donors (Lipinski definition) is 1. The van der Waals surface area contributed by atoms with E-state index in [1.165, 1.54) is 47.9 Å². The van der Waals surface area contributed by atoms with Gasteiger partial charge in [0.25, 0.3) is 0 Å². The minimum atomic E-state index is -0.580. The van der Waals surface area contributed by atoms with E-state index in [-0.39, 0.29) is 5.41 Å². The summed E-state index contributed by atoms with van der Waals surface area (Å²) in [5, 5.41) is 9.32. The van der Waals surface area contributed by atoms with Crippen molar-refractivity contribution in [2.75, 3.05) is 0 Å². The number of hydrogen-bond acceptors (Lipinski definition) is 1. The van der Waals surface area contributed by atoms with Crippen LogP contribution in [0.5, 0.6) is 0 Å². The summed E-state index contributed by atoms with van der Waals surface area (Å²) in [4.78, 5) is 11.3.